The second-order valence-electron chi connectivity index (χ2n) is 3.82. The van der Waals surface area contributed by atoms with Crippen molar-refractivity contribution >= 4 is 27.5 Å². The van der Waals surface area contributed by atoms with Gasteiger partial charge in [-0.15, -0.1) is 0 Å². The fourth-order valence-corrected chi connectivity index (χ4v) is 2.18. The summed E-state index contributed by atoms with van der Waals surface area (Å²) in [7, 11) is 1.59. The summed E-state index contributed by atoms with van der Waals surface area (Å²) >= 11 is 9.35. The van der Waals surface area contributed by atoms with Crippen LogP contribution in [0.25, 0.3) is 0 Å². The monoisotopic (exact) mass is 344 g/mol. The molecular weight excluding hydrogens is 335 g/mol. The third-order valence-corrected chi connectivity index (χ3v) is 3.52. The molecule has 0 unspecified atom stereocenters. The van der Waals surface area contributed by atoms with Gasteiger partial charge in [-0.3, -0.25) is 0 Å². The summed E-state index contributed by atoms with van der Waals surface area (Å²) in [4.78, 5) is 0. The Kier molecular flexibility index (Phi) is 4.66. The van der Waals surface area contributed by atoms with E-state index >= 15 is 0 Å². The van der Waals surface area contributed by atoms with Crippen LogP contribution in [0.2, 0.25) is 5.02 Å². The van der Waals surface area contributed by atoms with Crippen molar-refractivity contribution in [2.45, 2.75) is 6.61 Å². The molecule has 0 aliphatic rings. The fraction of sp³-hybridized carbons (Fsp3) is 0.143. The van der Waals surface area contributed by atoms with Crippen LogP contribution in [0.3, 0.4) is 0 Å². The van der Waals surface area contributed by atoms with Crippen molar-refractivity contribution < 1.29 is 13.9 Å². The summed E-state index contributed by atoms with van der Waals surface area (Å²) in [6.07, 6.45) is 0. The van der Waals surface area contributed by atoms with Gasteiger partial charge in [0.15, 0.2) is 0 Å². The first-order chi connectivity index (χ1) is 9.10. The van der Waals surface area contributed by atoms with E-state index in [-0.39, 0.29) is 12.4 Å². The van der Waals surface area contributed by atoms with Gasteiger partial charge in [0, 0.05) is 10.6 Å². The lowest BCUT2D eigenvalue weighted by atomic mass is 10.2. The van der Waals surface area contributed by atoms with Gasteiger partial charge in [-0.05, 0) is 52.3 Å². The van der Waals surface area contributed by atoms with Crippen LogP contribution in [0.1, 0.15) is 5.56 Å². The number of methoxy groups -OCH3 is 1. The standard InChI is InChI=1S/C14H11BrClFO2/c1-18-11-3-5-14(12(15)7-11)19-8-9-6-10(17)2-4-13(9)16/h2-7H,8H2,1H3. The summed E-state index contributed by atoms with van der Waals surface area (Å²) in [6, 6.07) is 9.54. The number of halogens is 3. The molecule has 0 spiro atoms. The maximum Gasteiger partial charge on any atom is 0.134 e. The SMILES string of the molecule is COc1ccc(OCc2cc(F)ccc2Cl)c(Br)c1. The van der Waals surface area contributed by atoms with Gasteiger partial charge in [0.25, 0.3) is 0 Å². The highest BCUT2D eigenvalue weighted by Gasteiger charge is 2.06. The molecule has 0 radical (unpaired) electrons. The van der Waals surface area contributed by atoms with Crippen LogP contribution in [0, 0.1) is 5.82 Å². The first kappa shape index (κ1) is 14.2. The largest absolute Gasteiger partial charge is 0.497 e. The smallest absolute Gasteiger partial charge is 0.134 e. The topological polar surface area (TPSA) is 18.5 Å². The maximum absolute atomic E-state index is 13.1. The summed E-state index contributed by atoms with van der Waals surface area (Å²) < 4.78 is 24.6. The highest BCUT2D eigenvalue weighted by molar-refractivity contribution is 9.10. The van der Waals surface area contributed by atoms with Crippen molar-refractivity contribution in [1.82, 2.24) is 0 Å². The molecule has 100 valence electrons. The molecule has 2 aromatic rings. The van der Waals surface area contributed by atoms with Crippen LogP contribution in [0.4, 0.5) is 4.39 Å². The Bertz CT molecular complexity index is 590. The molecule has 0 saturated carbocycles. The Morgan fingerprint density at radius 1 is 1.21 bits per heavy atom. The zero-order chi connectivity index (χ0) is 13.8. The van der Waals surface area contributed by atoms with Crippen molar-refractivity contribution in [2.24, 2.45) is 0 Å². The zero-order valence-electron chi connectivity index (χ0n) is 10.1. The quantitative estimate of drug-likeness (QED) is 0.790. The van der Waals surface area contributed by atoms with Crippen molar-refractivity contribution in [3.63, 3.8) is 0 Å². The Morgan fingerprint density at radius 3 is 2.68 bits per heavy atom. The van der Waals surface area contributed by atoms with Gasteiger partial charge >= 0.3 is 0 Å². The lowest BCUT2D eigenvalue weighted by molar-refractivity contribution is 0.303. The van der Waals surface area contributed by atoms with E-state index in [9.17, 15) is 4.39 Å². The van der Waals surface area contributed by atoms with Gasteiger partial charge in [-0.2, -0.15) is 0 Å². The molecule has 0 bridgehead atoms. The molecule has 0 heterocycles. The highest BCUT2D eigenvalue weighted by Crippen LogP contribution is 2.30. The predicted molar refractivity (Wildman–Crippen MR) is 76.4 cm³/mol. The molecule has 0 saturated heterocycles. The average molecular weight is 346 g/mol. The molecule has 5 heteroatoms. The number of rotatable bonds is 4. The predicted octanol–water partition coefficient (Wildman–Crippen LogP) is 4.83. The third kappa shape index (κ3) is 3.61. The molecular formula is C14H11BrClFO2. The molecule has 0 N–H and O–H groups in total. The van der Waals surface area contributed by atoms with Gasteiger partial charge < -0.3 is 9.47 Å². The van der Waals surface area contributed by atoms with E-state index in [0.717, 1.165) is 10.2 Å². The van der Waals surface area contributed by atoms with Crippen LogP contribution < -0.4 is 9.47 Å². The van der Waals surface area contributed by atoms with E-state index in [1.807, 2.05) is 0 Å². The van der Waals surface area contributed by atoms with E-state index in [1.54, 1.807) is 25.3 Å². The summed E-state index contributed by atoms with van der Waals surface area (Å²) in [6.45, 7) is 0.196. The minimum atomic E-state index is -0.336. The van der Waals surface area contributed by atoms with Crippen LogP contribution >= 0.6 is 27.5 Å². The van der Waals surface area contributed by atoms with Crippen molar-refractivity contribution in [3.8, 4) is 11.5 Å². The second-order valence-corrected chi connectivity index (χ2v) is 5.08. The number of hydrogen-bond donors (Lipinski definition) is 0. The average Bonchev–Trinajstić information content (AvgIpc) is 2.40. The molecule has 2 aromatic carbocycles. The van der Waals surface area contributed by atoms with E-state index in [1.165, 1.54) is 18.2 Å². The number of ether oxygens (including phenoxy) is 2. The molecule has 2 nitrogen and oxygen atoms in total. The summed E-state index contributed by atoms with van der Waals surface area (Å²) in [5.41, 5.74) is 0.601. The molecule has 0 aliphatic heterocycles. The molecule has 0 atom stereocenters. The van der Waals surface area contributed by atoms with Gasteiger partial charge in [-0.25, -0.2) is 4.39 Å². The normalized spacial score (nSPS) is 10.3. The first-order valence-electron chi connectivity index (χ1n) is 5.50. The lowest BCUT2D eigenvalue weighted by Crippen LogP contribution is -1.98. The van der Waals surface area contributed by atoms with Crippen molar-refractivity contribution in [2.75, 3.05) is 7.11 Å². The van der Waals surface area contributed by atoms with Crippen LogP contribution in [-0.2, 0) is 6.61 Å². The number of benzene rings is 2. The Labute approximate surface area is 124 Å². The Hall–Kier alpha value is -1.26. The van der Waals surface area contributed by atoms with Gasteiger partial charge in [0.2, 0.25) is 0 Å². The summed E-state index contributed by atoms with van der Waals surface area (Å²) in [5.74, 6) is 1.03. The van der Waals surface area contributed by atoms with Crippen LogP contribution in [0.15, 0.2) is 40.9 Å². The first-order valence-corrected chi connectivity index (χ1v) is 6.67. The minimum absolute atomic E-state index is 0.196. The van der Waals surface area contributed by atoms with E-state index in [2.05, 4.69) is 15.9 Å². The lowest BCUT2D eigenvalue weighted by Gasteiger charge is -2.10. The maximum atomic E-state index is 13.1. The third-order valence-electron chi connectivity index (χ3n) is 2.53. The number of hydrogen-bond acceptors (Lipinski definition) is 2. The minimum Gasteiger partial charge on any atom is -0.497 e. The molecule has 0 aliphatic carbocycles. The highest BCUT2D eigenvalue weighted by atomic mass is 79.9. The van der Waals surface area contributed by atoms with E-state index in [4.69, 9.17) is 21.1 Å². The van der Waals surface area contributed by atoms with Crippen LogP contribution in [0.5, 0.6) is 11.5 Å². The second kappa shape index (κ2) is 6.26. The van der Waals surface area contributed by atoms with Gasteiger partial charge in [-0.1, -0.05) is 11.6 Å². The van der Waals surface area contributed by atoms with Crippen LogP contribution in [-0.4, -0.2) is 7.11 Å². The van der Waals surface area contributed by atoms with Crippen molar-refractivity contribution in [1.29, 1.82) is 0 Å². The van der Waals surface area contributed by atoms with Crippen molar-refractivity contribution in [3.05, 3.63) is 57.3 Å². The fourth-order valence-electron chi connectivity index (χ4n) is 1.54. The Balaban J connectivity index is 2.12. The summed E-state index contributed by atoms with van der Waals surface area (Å²) in [5, 5.41) is 0.478. The zero-order valence-corrected chi connectivity index (χ0v) is 12.5. The molecule has 19 heavy (non-hydrogen) atoms. The molecule has 0 fully saturated rings. The van der Waals surface area contributed by atoms with Gasteiger partial charge in [0.05, 0.1) is 11.6 Å². The Morgan fingerprint density at radius 2 is 2.00 bits per heavy atom. The van der Waals surface area contributed by atoms with E-state index < -0.39 is 0 Å². The molecule has 0 aromatic heterocycles. The van der Waals surface area contributed by atoms with E-state index in [0.29, 0.717) is 16.3 Å². The molecule has 0 amide bonds. The van der Waals surface area contributed by atoms with Gasteiger partial charge in [0.1, 0.15) is 23.9 Å². The molecule has 2 rings (SSSR count).